The van der Waals surface area contributed by atoms with Gasteiger partial charge >= 0.3 is 0 Å². The van der Waals surface area contributed by atoms with Gasteiger partial charge in [-0.05, 0) is 37.1 Å². The van der Waals surface area contributed by atoms with Gasteiger partial charge in [0.05, 0.1) is 16.3 Å². The molecule has 1 amide bonds. The largest absolute Gasteiger partial charge is 0.359 e. The van der Waals surface area contributed by atoms with Crippen molar-refractivity contribution in [2.45, 2.75) is 38.1 Å². The van der Waals surface area contributed by atoms with E-state index in [9.17, 15) is 4.79 Å². The molecule has 3 aromatic rings. The second kappa shape index (κ2) is 7.34. The van der Waals surface area contributed by atoms with Crippen molar-refractivity contribution in [2.24, 2.45) is 0 Å². The van der Waals surface area contributed by atoms with Gasteiger partial charge in [-0.2, -0.15) is 0 Å². The average molecular weight is 387 g/mol. The van der Waals surface area contributed by atoms with E-state index in [1.54, 1.807) is 18.2 Å². The molecule has 2 aromatic carbocycles. The number of carbonyl (C=O) groups excluding carboxylic acids is 1. The van der Waals surface area contributed by atoms with Crippen LogP contribution in [-0.2, 0) is 0 Å². The average Bonchev–Trinajstić information content (AvgIpc) is 3.07. The number of halogens is 2. The van der Waals surface area contributed by atoms with E-state index in [1.807, 2.05) is 35.4 Å². The molecule has 0 bridgehead atoms. The summed E-state index contributed by atoms with van der Waals surface area (Å²) in [4.78, 5) is 18.7. The first-order valence-electron chi connectivity index (χ1n) is 9.00. The quantitative estimate of drug-likeness (QED) is 0.551. The topological polar surface area (TPSA) is 36.1 Å². The lowest BCUT2D eigenvalue weighted by atomic mass is 9.93. The zero-order valence-electron chi connectivity index (χ0n) is 14.3. The number of aromatic amines is 1. The number of hydrogen-bond acceptors (Lipinski definition) is 1. The highest BCUT2D eigenvalue weighted by atomic mass is 35.5. The zero-order chi connectivity index (χ0) is 18.1. The Labute approximate surface area is 162 Å². The van der Waals surface area contributed by atoms with Crippen LogP contribution in [0.4, 0.5) is 5.69 Å². The van der Waals surface area contributed by atoms with Crippen molar-refractivity contribution >= 4 is 45.7 Å². The molecule has 26 heavy (non-hydrogen) atoms. The van der Waals surface area contributed by atoms with Crippen molar-refractivity contribution in [1.29, 1.82) is 0 Å². The van der Waals surface area contributed by atoms with Crippen molar-refractivity contribution in [2.75, 3.05) is 4.90 Å². The minimum absolute atomic E-state index is 0.0664. The van der Waals surface area contributed by atoms with Crippen molar-refractivity contribution in [3.05, 3.63) is 64.3 Å². The summed E-state index contributed by atoms with van der Waals surface area (Å²) in [6.07, 6.45) is 7.47. The summed E-state index contributed by atoms with van der Waals surface area (Å²) in [7, 11) is 0. The Bertz CT molecular complexity index is 944. The SMILES string of the molecule is O=C(c1ccc(Cl)cc1Cl)N(c1c[nH]c2ccccc12)C1CCCCC1. The van der Waals surface area contributed by atoms with E-state index in [1.165, 1.54) is 6.42 Å². The van der Waals surface area contributed by atoms with Gasteiger partial charge in [-0.25, -0.2) is 0 Å². The summed E-state index contributed by atoms with van der Waals surface area (Å²) in [5.74, 6) is -0.0664. The van der Waals surface area contributed by atoms with Gasteiger partial charge in [-0.3, -0.25) is 4.79 Å². The van der Waals surface area contributed by atoms with Crippen LogP contribution in [-0.4, -0.2) is 16.9 Å². The second-order valence-corrected chi connectivity index (χ2v) is 7.65. The van der Waals surface area contributed by atoms with Gasteiger partial charge in [0.1, 0.15) is 0 Å². The highest BCUT2D eigenvalue weighted by Gasteiger charge is 2.30. The molecule has 0 saturated heterocycles. The normalized spacial score (nSPS) is 15.3. The van der Waals surface area contributed by atoms with Crippen LogP contribution in [0.15, 0.2) is 48.7 Å². The molecule has 0 aliphatic heterocycles. The van der Waals surface area contributed by atoms with E-state index in [-0.39, 0.29) is 11.9 Å². The number of rotatable bonds is 3. The smallest absolute Gasteiger partial charge is 0.260 e. The van der Waals surface area contributed by atoms with Crippen LogP contribution in [0.5, 0.6) is 0 Å². The number of benzene rings is 2. The zero-order valence-corrected chi connectivity index (χ0v) is 15.9. The molecule has 5 heteroatoms. The number of anilines is 1. The Balaban J connectivity index is 1.81. The summed E-state index contributed by atoms with van der Waals surface area (Å²) in [6.45, 7) is 0. The van der Waals surface area contributed by atoms with Gasteiger partial charge in [0, 0.05) is 28.2 Å². The molecule has 1 aliphatic rings. The first-order chi connectivity index (χ1) is 12.6. The van der Waals surface area contributed by atoms with E-state index >= 15 is 0 Å². The fourth-order valence-electron chi connectivity index (χ4n) is 3.86. The maximum absolute atomic E-state index is 13.5. The number of nitrogens with one attached hydrogen (secondary N) is 1. The number of carbonyl (C=O) groups is 1. The third kappa shape index (κ3) is 3.22. The standard InChI is InChI=1S/C21H20Cl2N2O/c22-14-10-11-16(18(23)12-14)21(26)25(15-6-2-1-3-7-15)20-13-24-19-9-5-4-8-17(19)20/h4-5,8-13,15,24H,1-3,6-7H2. The number of nitrogens with zero attached hydrogens (tertiary/aromatic N) is 1. The molecule has 0 atom stereocenters. The van der Waals surface area contributed by atoms with Gasteiger partial charge in [0.15, 0.2) is 0 Å². The second-order valence-electron chi connectivity index (χ2n) is 6.81. The van der Waals surface area contributed by atoms with Crippen LogP contribution in [0.25, 0.3) is 10.9 Å². The Hall–Kier alpha value is -1.97. The Morgan fingerprint density at radius 3 is 2.58 bits per heavy atom. The number of aromatic nitrogens is 1. The molecule has 3 nitrogen and oxygen atoms in total. The minimum Gasteiger partial charge on any atom is -0.359 e. The minimum atomic E-state index is -0.0664. The molecular weight excluding hydrogens is 367 g/mol. The lowest BCUT2D eigenvalue weighted by Crippen LogP contribution is -2.41. The number of hydrogen-bond donors (Lipinski definition) is 1. The molecule has 0 spiro atoms. The third-order valence-corrected chi connectivity index (χ3v) is 5.69. The first kappa shape index (κ1) is 17.4. The molecule has 134 valence electrons. The van der Waals surface area contributed by atoms with Gasteiger partial charge in [-0.15, -0.1) is 0 Å². The predicted molar refractivity (Wildman–Crippen MR) is 108 cm³/mol. The van der Waals surface area contributed by atoms with E-state index in [4.69, 9.17) is 23.2 Å². The molecule has 0 radical (unpaired) electrons. The Morgan fingerprint density at radius 2 is 1.81 bits per heavy atom. The summed E-state index contributed by atoms with van der Waals surface area (Å²) in [6, 6.07) is 13.3. The summed E-state index contributed by atoms with van der Waals surface area (Å²) in [5.41, 5.74) is 2.44. The molecule has 1 N–H and O–H groups in total. The number of fused-ring (bicyclic) bond motifs is 1. The maximum atomic E-state index is 13.5. The monoisotopic (exact) mass is 386 g/mol. The highest BCUT2D eigenvalue weighted by Crippen LogP contribution is 2.35. The fraction of sp³-hybridized carbons (Fsp3) is 0.286. The molecule has 1 saturated carbocycles. The van der Waals surface area contributed by atoms with E-state index in [2.05, 4.69) is 4.98 Å². The first-order valence-corrected chi connectivity index (χ1v) is 9.75. The molecule has 1 aromatic heterocycles. The van der Waals surface area contributed by atoms with Crippen LogP contribution in [0.2, 0.25) is 10.0 Å². The summed E-state index contributed by atoms with van der Waals surface area (Å²) >= 11 is 12.4. The van der Waals surface area contributed by atoms with Crippen molar-refractivity contribution in [3.8, 4) is 0 Å². The highest BCUT2D eigenvalue weighted by molar-refractivity contribution is 6.37. The van der Waals surface area contributed by atoms with E-state index < -0.39 is 0 Å². The van der Waals surface area contributed by atoms with Crippen molar-refractivity contribution in [3.63, 3.8) is 0 Å². The number of amides is 1. The molecule has 4 rings (SSSR count). The molecular formula is C21H20Cl2N2O. The molecule has 0 unspecified atom stereocenters. The van der Waals surface area contributed by atoms with Gasteiger partial charge in [-0.1, -0.05) is 60.7 Å². The van der Waals surface area contributed by atoms with Gasteiger partial charge < -0.3 is 9.88 Å². The molecule has 1 aliphatic carbocycles. The van der Waals surface area contributed by atoms with Crippen LogP contribution < -0.4 is 4.90 Å². The number of para-hydroxylation sites is 1. The van der Waals surface area contributed by atoms with Crippen LogP contribution in [0.1, 0.15) is 42.5 Å². The lowest BCUT2D eigenvalue weighted by Gasteiger charge is -2.34. The van der Waals surface area contributed by atoms with Crippen LogP contribution in [0, 0.1) is 0 Å². The van der Waals surface area contributed by atoms with Gasteiger partial charge in [0.2, 0.25) is 0 Å². The summed E-state index contributed by atoms with van der Waals surface area (Å²) < 4.78 is 0. The van der Waals surface area contributed by atoms with E-state index in [0.717, 1.165) is 42.3 Å². The third-order valence-electron chi connectivity index (χ3n) is 5.15. The van der Waals surface area contributed by atoms with E-state index in [0.29, 0.717) is 15.6 Å². The molecule has 1 fully saturated rings. The predicted octanol–water partition coefficient (Wildman–Crippen LogP) is 6.45. The van der Waals surface area contributed by atoms with Crippen molar-refractivity contribution < 1.29 is 4.79 Å². The maximum Gasteiger partial charge on any atom is 0.260 e. The van der Waals surface area contributed by atoms with Gasteiger partial charge in [0.25, 0.3) is 5.91 Å². The Kier molecular flexibility index (Phi) is 4.92. The van der Waals surface area contributed by atoms with Crippen LogP contribution >= 0.6 is 23.2 Å². The van der Waals surface area contributed by atoms with Crippen LogP contribution in [0.3, 0.4) is 0 Å². The summed E-state index contributed by atoms with van der Waals surface area (Å²) in [5, 5.41) is 1.97. The van der Waals surface area contributed by atoms with Crippen molar-refractivity contribution in [1.82, 2.24) is 4.98 Å². The fourth-order valence-corrected chi connectivity index (χ4v) is 4.35. The Morgan fingerprint density at radius 1 is 1.04 bits per heavy atom. The lowest BCUT2D eigenvalue weighted by molar-refractivity contribution is 0.0971. The molecule has 1 heterocycles. The number of H-pyrrole nitrogens is 1.